The molecule has 144 valence electrons. The van der Waals surface area contributed by atoms with E-state index in [1.165, 1.54) is 0 Å². The predicted molar refractivity (Wildman–Crippen MR) is 107 cm³/mol. The van der Waals surface area contributed by atoms with Gasteiger partial charge in [0.25, 0.3) is 0 Å². The number of nitrogens with one attached hydrogen (secondary N) is 2. The molecule has 2 N–H and O–H groups in total. The summed E-state index contributed by atoms with van der Waals surface area (Å²) >= 11 is 3.58. The first-order valence-corrected chi connectivity index (χ1v) is 11.8. The molecule has 3 heterocycles. The molecule has 0 unspecified atom stereocenters. The number of nitrogens with zero attached hydrogens (tertiary/aromatic N) is 3. The SMILES string of the molecule is CC[C@@H]1C[C@H](NS(=O)(=O)C2CC2)C[C@@H]1c1nc(Br)c2cnc3[nH]ccc3n12. The number of aromatic nitrogens is 4. The minimum Gasteiger partial charge on any atom is -0.345 e. The van der Waals surface area contributed by atoms with Crippen LogP contribution in [0.3, 0.4) is 0 Å². The van der Waals surface area contributed by atoms with Crippen molar-refractivity contribution >= 4 is 42.6 Å². The molecule has 0 amide bonds. The second kappa shape index (κ2) is 6.28. The number of hydrogen-bond acceptors (Lipinski definition) is 4. The molecule has 5 rings (SSSR count). The third-order valence-electron chi connectivity index (χ3n) is 6.00. The van der Waals surface area contributed by atoms with E-state index in [4.69, 9.17) is 4.98 Å². The first-order chi connectivity index (χ1) is 13.0. The van der Waals surface area contributed by atoms with Crippen LogP contribution in [0.2, 0.25) is 0 Å². The van der Waals surface area contributed by atoms with Gasteiger partial charge in [-0.2, -0.15) is 0 Å². The van der Waals surface area contributed by atoms with Crippen molar-refractivity contribution in [2.75, 3.05) is 0 Å². The molecule has 7 nitrogen and oxygen atoms in total. The Kier molecular flexibility index (Phi) is 4.10. The van der Waals surface area contributed by atoms with Gasteiger partial charge < -0.3 is 4.98 Å². The van der Waals surface area contributed by atoms with E-state index in [0.717, 1.165) is 59.2 Å². The minimum absolute atomic E-state index is 0.0137. The van der Waals surface area contributed by atoms with E-state index in [2.05, 4.69) is 41.9 Å². The van der Waals surface area contributed by atoms with Gasteiger partial charge in [0.05, 0.1) is 22.5 Å². The smallest absolute Gasteiger partial charge is 0.214 e. The number of fused-ring (bicyclic) bond motifs is 3. The Hall–Kier alpha value is -1.45. The second-order valence-corrected chi connectivity index (χ2v) is 10.5. The number of H-pyrrole nitrogens is 1. The molecule has 3 aromatic rings. The van der Waals surface area contributed by atoms with Crippen LogP contribution >= 0.6 is 15.9 Å². The molecule has 2 saturated carbocycles. The highest BCUT2D eigenvalue weighted by molar-refractivity contribution is 9.10. The Morgan fingerprint density at radius 3 is 2.89 bits per heavy atom. The van der Waals surface area contributed by atoms with Gasteiger partial charge in [0, 0.05) is 18.2 Å². The van der Waals surface area contributed by atoms with Crippen LogP contribution in [0, 0.1) is 5.92 Å². The lowest BCUT2D eigenvalue weighted by atomic mass is 9.93. The molecule has 3 aromatic heterocycles. The zero-order valence-electron chi connectivity index (χ0n) is 15.0. The Morgan fingerprint density at radius 1 is 1.33 bits per heavy atom. The van der Waals surface area contributed by atoms with Crippen LogP contribution in [-0.4, -0.2) is 39.1 Å². The molecule has 2 aliphatic rings. The third-order valence-corrected chi connectivity index (χ3v) is 8.59. The standard InChI is InChI=1S/C18H22BrN5O2S/c1-2-10-7-11(23-27(25,26)12-3-4-12)8-13(10)18-22-16(19)15-9-21-17-14(24(15)18)5-6-20-17/h5-6,9-13,20,23H,2-4,7-8H2,1H3/t10-,11+,13+/m1/s1. The zero-order valence-corrected chi connectivity index (χ0v) is 17.4. The quantitative estimate of drug-likeness (QED) is 0.621. The van der Waals surface area contributed by atoms with E-state index in [1.807, 2.05) is 18.5 Å². The molecular formula is C18H22BrN5O2S. The molecule has 2 fully saturated rings. The lowest BCUT2D eigenvalue weighted by molar-refractivity contribution is 0.450. The van der Waals surface area contributed by atoms with Gasteiger partial charge in [-0.3, -0.25) is 4.40 Å². The minimum atomic E-state index is -3.17. The fraction of sp³-hybridized carbons (Fsp3) is 0.556. The maximum absolute atomic E-state index is 12.4. The summed E-state index contributed by atoms with van der Waals surface area (Å²) in [6.45, 7) is 2.17. The normalized spacial score (nSPS) is 26.4. The number of hydrogen-bond donors (Lipinski definition) is 2. The van der Waals surface area contributed by atoms with Crippen molar-refractivity contribution in [3.63, 3.8) is 0 Å². The molecule has 0 aliphatic heterocycles. The van der Waals surface area contributed by atoms with Crippen molar-refractivity contribution in [3.05, 3.63) is 28.9 Å². The van der Waals surface area contributed by atoms with Crippen LogP contribution in [0.5, 0.6) is 0 Å². The van der Waals surface area contributed by atoms with Crippen molar-refractivity contribution in [3.8, 4) is 0 Å². The molecular weight excluding hydrogens is 430 g/mol. The van der Waals surface area contributed by atoms with E-state index in [9.17, 15) is 8.42 Å². The van der Waals surface area contributed by atoms with Crippen molar-refractivity contribution in [2.45, 2.75) is 56.2 Å². The number of aromatic amines is 1. The molecule has 0 radical (unpaired) electrons. The zero-order chi connectivity index (χ0) is 18.8. The Balaban J connectivity index is 1.54. The van der Waals surface area contributed by atoms with Crippen molar-refractivity contribution < 1.29 is 8.42 Å². The largest absolute Gasteiger partial charge is 0.345 e. The van der Waals surface area contributed by atoms with Gasteiger partial charge in [-0.25, -0.2) is 23.1 Å². The molecule has 0 bridgehead atoms. The third kappa shape index (κ3) is 2.91. The van der Waals surface area contributed by atoms with Crippen molar-refractivity contribution in [1.82, 2.24) is 24.1 Å². The van der Waals surface area contributed by atoms with Gasteiger partial charge in [-0.1, -0.05) is 13.3 Å². The fourth-order valence-electron chi connectivity index (χ4n) is 4.49. The summed E-state index contributed by atoms with van der Waals surface area (Å²) in [5.41, 5.74) is 2.76. The van der Waals surface area contributed by atoms with Crippen LogP contribution in [0.15, 0.2) is 23.1 Å². The molecule has 0 aromatic carbocycles. The van der Waals surface area contributed by atoms with Crippen LogP contribution < -0.4 is 4.72 Å². The Bertz CT molecular complexity index is 1120. The number of imidazole rings is 1. The first-order valence-electron chi connectivity index (χ1n) is 9.49. The van der Waals surface area contributed by atoms with Gasteiger partial charge in [0.2, 0.25) is 10.0 Å². The Morgan fingerprint density at radius 2 is 2.15 bits per heavy atom. The summed E-state index contributed by atoms with van der Waals surface area (Å²) < 4.78 is 30.7. The summed E-state index contributed by atoms with van der Waals surface area (Å²) in [7, 11) is -3.17. The lowest BCUT2D eigenvalue weighted by Crippen LogP contribution is -2.35. The average Bonchev–Trinajstić information content (AvgIpc) is 3.14. The second-order valence-electron chi connectivity index (χ2n) is 7.76. The number of rotatable bonds is 5. The molecule has 0 spiro atoms. The number of sulfonamides is 1. The highest BCUT2D eigenvalue weighted by Crippen LogP contribution is 2.43. The van der Waals surface area contributed by atoms with Crippen molar-refractivity contribution in [2.24, 2.45) is 5.92 Å². The summed E-state index contributed by atoms with van der Waals surface area (Å²) in [5, 5.41) is -0.177. The lowest BCUT2D eigenvalue weighted by Gasteiger charge is -2.16. The van der Waals surface area contributed by atoms with Crippen LogP contribution in [0.25, 0.3) is 16.7 Å². The van der Waals surface area contributed by atoms with Gasteiger partial charge in [-0.15, -0.1) is 0 Å². The fourth-order valence-corrected chi connectivity index (χ4v) is 6.56. The molecule has 9 heteroatoms. The predicted octanol–water partition coefficient (Wildman–Crippen LogP) is 3.33. The van der Waals surface area contributed by atoms with Crippen molar-refractivity contribution in [1.29, 1.82) is 0 Å². The van der Waals surface area contributed by atoms with E-state index in [-0.39, 0.29) is 17.2 Å². The topological polar surface area (TPSA) is 92.2 Å². The molecule has 3 atom stereocenters. The van der Waals surface area contributed by atoms with E-state index < -0.39 is 10.0 Å². The van der Waals surface area contributed by atoms with E-state index in [1.54, 1.807) is 0 Å². The van der Waals surface area contributed by atoms with Crippen LogP contribution in [0.1, 0.15) is 50.8 Å². The van der Waals surface area contributed by atoms with Crippen LogP contribution in [0.4, 0.5) is 0 Å². The molecule has 2 aliphatic carbocycles. The van der Waals surface area contributed by atoms with Gasteiger partial charge in [-0.05, 0) is 53.6 Å². The molecule has 0 saturated heterocycles. The maximum Gasteiger partial charge on any atom is 0.214 e. The van der Waals surface area contributed by atoms with E-state index >= 15 is 0 Å². The summed E-state index contributed by atoms with van der Waals surface area (Å²) in [5.74, 6) is 1.60. The monoisotopic (exact) mass is 451 g/mol. The summed E-state index contributed by atoms with van der Waals surface area (Å²) in [6, 6.07) is 2.00. The van der Waals surface area contributed by atoms with Gasteiger partial charge in [0.1, 0.15) is 10.4 Å². The van der Waals surface area contributed by atoms with Gasteiger partial charge in [0.15, 0.2) is 5.65 Å². The summed E-state index contributed by atoms with van der Waals surface area (Å²) in [6.07, 6.45) is 7.93. The average molecular weight is 452 g/mol. The maximum atomic E-state index is 12.4. The molecule has 27 heavy (non-hydrogen) atoms. The number of halogens is 1. The van der Waals surface area contributed by atoms with Crippen LogP contribution in [-0.2, 0) is 10.0 Å². The summed E-state index contributed by atoms with van der Waals surface area (Å²) in [4.78, 5) is 12.4. The highest BCUT2D eigenvalue weighted by Gasteiger charge is 2.42. The van der Waals surface area contributed by atoms with Gasteiger partial charge >= 0.3 is 0 Å². The highest BCUT2D eigenvalue weighted by atomic mass is 79.9. The Labute approximate surface area is 166 Å². The van der Waals surface area contributed by atoms with E-state index in [0.29, 0.717) is 5.92 Å². The first kappa shape index (κ1) is 17.6.